The standard InChI is InChI=1S/C23H27NO7/c1-5-30-16-10-8-15(13-18(16)29-4)20-19(21(25)17-9-7-14(2)31-17)22(26)23(27)24(20)11-6-12-28-3/h7-10,13,20,26H,5-6,11-12H2,1-4H3/t20-/m1/s1. The molecule has 8 heteroatoms. The molecule has 1 aromatic heterocycles. The number of carbonyl (C=O) groups excluding carboxylic acids is 2. The van der Waals surface area contributed by atoms with Gasteiger partial charge in [-0.15, -0.1) is 0 Å². The minimum Gasteiger partial charge on any atom is -0.503 e. The summed E-state index contributed by atoms with van der Waals surface area (Å²) in [7, 11) is 3.09. The van der Waals surface area contributed by atoms with Gasteiger partial charge < -0.3 is 28.6 Å². The first-order valence-corrected chi connectivity index (χ1v) is 10.1. The van der Waals surface area contributed by atoms with Crippen LogP contribution in [0.25, 0.3) is 0 Å². The van der Waals surface area contributed by atoms with Gasteiger partial charge in [-0.3, -0.25) is 9.59 Å². The van der Waals surface area contributed by atoms with Crippen LogP contribution in [0, 0.1) is 6.92 Å². The molecule has 1 N–H and O–H groups in total. The summed E-state index contributed by atoms with van der Waals surface area (Å²) in [5.74, 6) is -0.0825. The summed E-state index contributed by atoms with van der Waals surface area (Å²) in [4.78, 5) is 27.6. The van der Waals surface area contributed by atoms with Crippen molar-refractivity contribution in [2.45, 2.75) is 26.3 Å². The molecule has 8 nitrogen and oxygen atoms in total. The lowest BCUT2D eigenvalue weighted by Gasteiger charge is -2.27. The van der Waals surface area contributed by atoms with Crippen molar-refractivity contribution in [1.82, 2.24) is 4.90 Å². The number of aliphatic hydroxyl groups excluding tert-OH is 1. The number of hydrogen-bond donors (Lipinski definition) is 1. The number of aryl methyl sites for hydroxylation is 1. The number of methoxy groups -OCH3 is 2. The Bertz CT molecular complexity index is 992. The molecule has 2 aromatic rings. The molecule has 0 unspecified atom stereocenters. The van der Waals surface area contributed by atoms with Crippen LogP contribution in [0.2, 0.25) is 0 Å². The van der Waals surface area contributed by atoms with E-state index in [1.165, 1.54) is 18.1 Å². The van der Waals surface area contributed by atoms with Crippen molar-refractivity contribution < 1.29 is 33.3 Å². The lowest BCUT2D eigenvalue weighted by molar-refractivity contribution is -0.129. The number of aliphatic hydroxyl groups is 1. The van der Waals surface area contributed by atoms with E-state index in [2.05, 4.69) is 0 Å². The largest absolute Gasteiger partial charge is 0.503 e. The molecule has 166 valence electrons. The number of nitrogens with zero attached hydrogens (tertiary/aromatic N) is 1. The second kappa shape index (κ2) is 9.70. The molecular formula is C23H27NO7. The summed E-state index contributed by atoms with van der Waals surface area (Å²) in [5.41, 5.74) is 0.588. The predicted molar refractivity (Wildman–Crippen MR) is 113 cm³/mol. The summed E-state index contributed by atoms with van der Waals surface area (Å²) in [6.07, 6.45) is 0.543. The number of rotatable bonds is 10. The number of furan rings is 1. The fourth-order valence-electron chi connectivity index (χ4n) is 3.66. The van der Waals surface area contributed by atoms with Gasteiger partial charge in [0.15, 0.2) is 23.0 Å². The van der Waals surface area contributed by atoms with Gasteiger partial charge in [-0.25, -0.2) is 0 Å². The van der Waals surface area contributed by atoms with E-state index in [1.54, 1.807) is 38.3 Å². The molecule has 0 saturated carbocycles. The fourth-order valence-corrected chi connectivity index (χ4v) is 3.66. The number of amides is 1. The Morgan fingerprint density at radius 1 is 1.19 bits per heavy atom. The Morgan fingerprint density at radius 3 is 2.58 bits per heavy atom. The van der Waals surface area contributed by atoms with E-state index >= 15 is 0 Å². The van der Waals surface area contributed by atoms with E-state index in [0.717, 1.165) is 0 Å². The Labute approximate surface area is 181 Å². The van der Waals surface area contributed by atoms with Gasteiger partial charge in [-0.2, -0.15) is 0 Å². The van der Waals surface area contributed by atoms with Crippen LogP contribution in [-0.4, -0.2) is 55.7 Å². The highest BCUT2D eigenvalue weighted by Gasteiger charge is 2.44. The van der Waals surface area contributed by atoms with Crippen molar-refractivity contribution in [3.63, 3.8) is 0 Å². The predicted octanol–water partition coefficient (Wildman–Crippen LogP) is 3.61. The molecule has 0 bridgehead atoms. The number of carbonyl (C=O) groups is 2. The van der Waals surface area contributed by atoms with Crippen LogP contribution in [0.3, 0.4) is 0 Å². The van der Waals surface area contributed by atoms with Crippen molar-refractivity contribution in [3.05, 3.63) is 58.7 Å². The Hall–Kier alpha value is -3.26. The summed E-state index contributed by atoms with van der Waals surface area (Å²) in [6, 6.07) is 7.59. The van der Waals surface area contributed by atoms with Gasteiger partial charge in [-0.05, 0) is 50.1 Å². The quantitative estimate of drug-likeness (QED) is 0.455. The summed E-state index contributed by atoms with van der Waals surface area (Å²) in [5, 5.41) is 10.7. The van der Waals surface area contributed by atoms with Crippen LogP contribution in [0.4, 0.5) is 0 Å². The maximum Gasteiger partial charge on any atom is 0.290 e. The molecular weight excluding hydrogens is 402 g/mol. The van der Waals surface area contributed by atoms with Crippen molar-refractivity contribution in [3.8, 4) is 11.5 Å². The van der Waals surface area contributed by atoms with Crippen LogP contribution in [0.5, 0.6) is 11.5 Å². The molecule has 1 aromatic carbocycles. The van der Waals surface area contributed by atoms with Gasteiger partial charge in [0.2, 0.25) is 5.78 Å². The molecule has 0 spiro atoms. The third kappa shape index (κ3) is 4.44. The van der Waals surface area contributed by atoms with E-state index in [0.29, 0.717) is 49.0 Å². The van der Waals surface area contributed by atoms with Crippen molar-refractivity contribution >= 4 is 11.7 Å². The molecule has 1 aliphatic rings. The average molecular weight is 429 g/mol. The first kappa shape index (κ1) is 22.4. The Balaban J connectivity index is 2.07. The summed E-state index contributed by atoms with van der Waals surface area (Å²) in [6.45, 7) is 4.78. The van der Waals surface area contributed by atoms with Crippen LogP contribution in [0.15, 0.2) is 46.1 Å². The van der Waals surface area contributed by atoms with E-state index in [9.17, 15) is 14.7 Å². The number of ether oxygens (including phenoxy) is 3. The second-order valence-electron chi connectivity index (χ2n) is 7.09. The Kier molecular flexibility index (Phi) is 7.02. The zero-order chi connectivity index (χ0) is 22.5. The molecule has 2 heterocycles. The molecule has 0 radical (unpaired) electrons. The topological polar surface area (TPSA) is 98.4 Å². The summed E-state index contributed by atoms with van der Waals surface area (Å²) < 4.78 is 21.6. The van der Waals surface area contributed by atoms with Gasteiger partial charge in [0.1, 0.15) is 5.76 Å². The maximum absolute atomic E-state index is 13.2. The van der Waals surface area contributed by atoms with E-state index in [-0.39, 0.29) is 11.3 Å². The third-order valence-corrected chi connectivity index (χ3v) is 5.06. The van der Waals surface area contributed by atoms with Crippen molar-refractivity contribution in [1.29, 1.82) is 0 Å². The lowest BCUT2D eigenvalue weighted by atomic mass is 9.94. The minimum absolute atomic E-state index is 0.0250. The third-order valence-electron chi connectivity index (χ3n) is 5.06. The highest BCUT2D eigenvalue weighted by molar-refractivity contribution is 6.15. The molecule has 0 saturated heterocycles. The molecule has 0 fully saturated rings. The highest BCUT2D eigenvalue weighted by Crippen LogP contribution is 2.41. The minimum atomic E-state index is -0.799. The van der Waals surface area contributed by atoms with Crippen LogP contribution in [-0.2, 0) is 9.53 Å². The SMILES string of the molecule is CCOc1ccc([C@@H]2C(C(=O)c3ccc(C)o3)=C(O)C(=O)N2CCCOC)cc1OC. The van der Waals surface area contributed by atoms with Gasteiger partial charge in [0.25, 0.3) is 5.91 Å². The lowest BCUT2D eigenvalue weighted by Crippen LogP contribution is -2.32. The first-order chi connectivity index (χ1) is 14.9. The number of benzene rings is 1. The van der Waals surface area contributed by atoms with Crippen molar-refractivity contribution in [2.24, 2.45) is 0 Å². The van der Waals surface area contributed by atoms with Crippen LogP contribution in [0.1, 0.15) is 41.3 Å². The molecule has 0 aliphatic carbocycles. The number of ketones is 1. The molecule has 1 amide bonds. The second-order valence-corrected chi connectivity index (χ2v) is 7.09. The molecule has 3 rings (SSSR count). The molecule has 1 aliphatic heterocycles. The highest BCUT2D eigenvalue weighted by atomic mass is 16.5. The van der Waals surface area contributed by atoms with E-state index < -0.39 is 23.5 Å². The zero-order valence-corrected chi connectivity index (χ0v) is 18.1. The van der Waals surface area contributed by atoms with E-state index in [1.807, 2.05) is 6.92 Å². The van der Waals surface area contributed by atoms with Gasteiger partial charge >= 0.3 is 0 Å². The van der Waals surface area contributed by atoms with Gasteiger partial charge in [0, 0.05) is 20.3 Å². The number of Topliss-reactive ketones (excluding diaryl/α,β-unsaturated/α-hetero) is 1. The smallest absolute Gasteiger partial charge is 0.290 e. The Morgan fingerprint density at radius 2 is 1.97 bits per heavy atom. The van der Waals surface area contributed by atoms with Crippen molar-refractivity contribution in [2.75, 3.05) is 34.0 Å². The summed E-state index contributed by atoms with van der Waals surface area (Å²) >= 11 is 0. The van der Waals surface area contributed by atoms with E-state index in [4.69, 9.17) is 18.6 Å². The average Bonchev–Trinajstić information content (AvgIpc) is 3.30. The monoisotopic (exact) mass is 429 g/mol. The van der Waals surface area contributed by atoms with Gasteiger partial charge in [0.05, 0.1) is 25.3 Å². The van der Waals surface area contributed by atoms with Crippen LogP contribution < -0.4 is 9.47 Å². The maximum atomic E-state index is 13.2. The zero-order valence-electron chi connectivity index (χ0n) is 18.1. The first-order valence-electron chi connectivity index (χ1n) is 10.1. The molecule has 1 atom stereocenters. The number of hydrogen-bond acceptors (Lipinski definition) is 7. The van der Waals surface area contributed by atoms with Crippen LogP contribution >= 0.6 is 0 Å². The van der Waals surface area contributed by atoms with Gasteiger partial charge in [-0.1, -0.05) is 6.07 Å². The normalized spacial score (nSPS) is 16.2. The molecule has 31 heavy (non-hydrogen) atoms. The fraction of sp³-hybridized carbons (Fsp3) is 0.391.